The molecule has 0 radical (unpaired) electrons. The van der Waals surface area contributed by atoms with Crippen molar-refractivity contribution in [3.05, 3.63) is 39.9 Å². The molecule has 2 amide bonds. The van der Waals surface area contributed by atoms with E-state index >= 15 is 0 Å². The molecule has 0 saturated carbocycles. The third-order valence-electron chi connectivity index (χ3n) is 3.18. The van der Waals surface area contributed by atoms with Crippen molar-refractivity contribution in [1.29, 1.82) is 0 Å². The molecule has 0 unspecified atom stereocenters. The van der Waals surface area contributed by atoms with Crippen LogP contribution in [0.15, 0.2) is 34.3 Å². The smallest absolute Gasteiger partial charge is 0.335 e. The van der Waals surface area contributed by atoms with Crippen molar-refractivity contribution in [1.82, 2.24) is 4.90 Å². The van der Waals surface area contributed by atoms with E-state index in [1.165, 1.54) is 17.7 Å². The summed E-state index contributed by atoms with van der Waals surface area (Å²) in [7, 11) is 0. The van der Waals surface area contributed by atoms with Crippen LogP contribution in [0.1, 0.15) is 23.7 Å². The molecule has 0 spiro atoms. The number of benzene rings is 1. The van der Waals surface area contributed by atoms with Gasteiger partial charge in [-0.1, -0.05) is 11.6 Å². The fourth-order valence-electron chi connectivity index (χ4n) is 1.90. The quantitative estimate of drug-likeness (QED) is 0.812. The van der Waals surface area contributed by atoms with Gasteiger partial charge in [0.2, 0.25) is 0 Å². The Bertz CT molecular complexity index is 584. The molecule has 1 aromatic rings. The molecule has 1 aliphatic rings. The maximum absolute atomic E-state index is 12.1. The Labute approximate surface area is 125 Å². The summed E-state index contributed by atoms with van der Waals surface area (Å²) < 4.78 is 0.550. The highest BCUT2D eigenvalue weighted by atomic mass is 79.9. The maximum Gasteiger partial charge on any atom is 0.335 e. The molecule has 2 N–H and O–H groups in total. The number of carbonyl (C=O) groups excluding carboxylic acids is 1. The number of anilines is 1. The summed E-state index contributed by atoms with van der Waals surface area (Å²) in [6, 6.07) is 4.33. The van der Waals surface area contributed by atoms with E-state index in [0.717, 1.165) is 6.42 Å². The summed E-state index contributed by atoms with van der Waals surface area (Å²) in [4.78, 5) is 24.6. The molecule has 1 heterocycles. The number of carboxylic acid groups (broad SMARTS) is 1. The standard InChI is InChI=1S/C14H15BrN2O3/c1-9-4-6-17(7-5-9)14(20)16-12-3-2-10(13(18)19)8-11(12)15/h2-4,8H,5-7H2,1H3,(H,16,20)(H,18,19). The van der Waals surface area contributed by atoms with Crippen LogP contribution in [0, 0.1) is 0 Å². The van der Waals surface area contributed by atoms with Crippen molar-refractivity contribution < 1.29 is 14.7 Å². The highest BCUT2D eigenvalue weighted by molar-refractivity contribution is 9.10. The number of carboxylic acids is 1. The van der Waals surface area contributed by atoms with Crippen molar-refractivity contribution in [2.24, 2.45) is 0 Å². The van der Waals surface area contributed by atoms with Gasteiger partial charge in [-0.05, 0) is 47.5 Å². The van der Waals surface area contributed by atoms with Gasteiger partial charge >= 0.3 is 12.0 Å². The Kier molecular flexibility index (Phi) is 4.44. The maximum atomic E-state index is 12.1. The van der Waals surface area contributed by atoms with Crippen molar-refractivity contribution in [3.8, 4) is 0 Å². The summed E-state index contributed by atoms with van der Waals surface area (Å²) in [6.45, 7) is 3.35. The van der Waals surface area contributed by atoms with Crippen LogP contribution < -0.4 is 5.32 Å². The number of hydrogen-bond acceptors (Lipinski definition) is 2. The molecule has 20 heavy (non-hydrogen) atoms. The largest absolute Gasteiger partial charge is 0.478 e. The number of hydrogen-bond donors (Lipinski definition) is 2. The topological polar surface area (TPSA) is 69.6 Å². The van der Waals surface area contributed by atoms with E-state index < -0.39 is 5.97 Å². The Hall–Kier alpha value is -1.82. The van der Waals surface area contributed by atoms with Gasteiger partial charge in [0.25, 0.3) is 0 Å². The van der Waals surface area contributed by atoms with E-state index in [-0.39, 0.29) is 11.6 Å². The lowest BCUT2D eigenvalue weighted by Crippen LogP contribution is -2.37. The first-order chi connectivity index (χ1) is 9.47. The zero-order valence-electron chi connectivity index (χ0n) is 11.0. The van der Waals surface area contributed by atoms with E-state index in [9.17, 15) is 9.59 Å². The number of nitrogens with zero attached hydrogens (tertiary/aromatic N) is 1. The molecule has 0 atom stereocenters. The Balaban J connectivity index is 2.06. The van der Waals surface area contributed by atoms with E-state index in [0.29, 0.717) is 23.2 Å². The van der Waals surface area contributed by atoms with E-state index in [2.05, 4.69) is 28.2 Å². The summed E-state index contributed by atoms with van der Waals surface area (Å²) >= 11 is 3.27. The third kappa shape index (κ3) is 3.39. The molecule has 0 aliphatic carbocycles. The second-order valence-corrected chi connectivity index (χ2v) is 5.53. The lowest BCUT2D eigenvalue weighted by molar-refractivity contribution is 0.0697. The van der Waals surface area contributed by atoms with Crippen LogP contribution in [0.4, 0.5) is 10.5 Å². The number of urea groups is 1. The second kappa shape index (κ2) is 6.09. The van der Waals surface area contributed by atoms with Crippen LogP contribution in [-0.4, -0.2) is 35.1 Å². The molecule has 2 rings (SSSR count). The van der Waals surface area contributed by atoms with Crippen LogP contribution in [0.3, 0.4) is 0 Å². The van der Waals surface area contributed by atoms with Crippen molar-refractivity contribution >= 4 is 33.6 Å². The number of rotatable bonds is 2. The average molecular weight is 339 g/mol. The summed E-state index contributed by atoms with van der Waals surface area (Å²) in [5.41, 5.74) is 2.03. The average Bonchev–Trinajstić information content (AvgIpc) is 2.41. The van der Waals surface area contributed by atoms with Gasteiger partial charge in [0.05, 0.1) is 11.3 Å². The van der Waals surface area contributed by atoms with E-state index in [4.69, 9.17) is 5.11 Å². The van der Waals surface area contributed by atoms with Gasteiger partial charge < -0.3 is 15.3 Å². The van der Waals surface area contributed by atoms with Crippen LogP contribution in [0.5, 0.6) is 0 Å². The van der Waals surface area contributed by atoms with E-state index in [1.54, 1.807) is 11.0 Å². The zero-order valence-corrected chi connectivity index (χ0v) is 12.6. The normalized spacial score (nSPS) is 14.7. The number of carbonyl (C=O) groups is 2. The van der Waals surface area contributed by atoms with Gasteiger partial charge in [0.1, 0.15) is 0 Å². The summed E-state index contributed by atoms with van der Waals surface area (Å²) in [5.74, 6) is -1.000. The van der Waals surface area contributed by atoms with Gasteiger partial charge in [-0.3, -0.25) is 0 Å². The van der Waals surface area contributed by atoms with Gasteiger partial charge in [0.15, 0.2) is 0 Å². The Morgan fingerprint density at radius 1 is 1.40 bits per heavy atom. The zero-order chi connectivity index (χ0) is 14.7. The molecular formula is C14H15BrN2O3. The molecule has 106 valence electrons. The van der Waals surface area contributed by atoms with Crippen LogP contribution in [0.25, 0.3) is 0 Å². The molecule has 0 bridgehead atoms. The van der Waals surface area contributed by atoms with Gasteiger partial charge in [-0.15, -0.1) is 0 Å². The Morgan fingerprint density at radius 2 is 2.15 bits per heavy atom. The predicted octanol–water partition coefficient (Wildman–Crippen LogP) is 3.33. The summed E-state index contributed by atoms with van der Waals surface area (Å²) in [6.07, 6.45) is 2.91. The lowest BCUT2D eigenvalue weighted by Gasteiger charge is -2.25. The molecule has 5 nitrogen and oxygen atoms in total. The second-order valence-electron chi connectivity index (χ2n) is 4.68. The first-order valence-corrected chi connectivity index (χ1v) is 7.01. The Morgan fingerprint density at radius 3 is 2.70 bits per heavy atom. The molecule has 1 aliphatic heterocycles. The van der Waals surface area contributed by atoms with Crippen molar-refractivity contribution in [2.45, 2.75) is 13.3 Å². The number of halogens is 1. The highest BCUT2D eigenvalue weighted by Gasteiger charge is 2.17. The SMILES string of the molecule is CC1=CCN(C(=O)Nc2ccc(C(=O)O)cc2Br)CC1. The third-order valence-corrected chi connectivity index (χ3v) is 3.84. The van der Waals surface area contributed by atoms with Crippen molar-refractivity contribution in [3.63, 3.8) is 0 Å². The number of amides is 2. The fraction of sp³-hybridized carbons (Fsp3) is 0.286. The molecular weight excluding hydrogens is 324 g/mol. The molecule has 0 aromatic heterocycles. The van der Waals surface area contributed by atoms with Gasteiger partial charge in [-0.2, -0.15) is 0 Å². The van der Waals surface area contributed by atoms with Crippen LogP contribution in [-0.2, 0) is 0 Å². The lowest BCUT2D eigenvalue weighted by atomic mass is 10.1. The van der Waals surface area contributed by atoms with E-state index in [1.807, 2.05) is 6.08 Å². The van der Waals surface area contributed by atoms with Crippen molar-refractivity contribution in [2.75, 3.05) is 18.4 Å². The number of nitrogens with one attached hydrogen (secondary N) is 1. The fourth-order valence-corrected chi connectivity index (χ4v) is 2.38. The first-order valence-electron chi connectivity index (χ1n) is 6.22. The number of aromatic carboxylic acids is 1. The minimum atomic E-state index is -1.000. The molecule has 1 aromatic carbocycles. The van der Waals surface area contributed by atoms with Gasteiger partial charge in [-0.25, -0.2) is 9.59 Å². The minimum absolute atomic E-state index is 0.173. The minimum Gasteiger partial charge on any atom is -0.478 e. The molecule has 6 heteroatoms. The first kappa shape index (κ1) is 14.6. The monoisotopic (exact) mass is 338 g/mol. The summed E-state index contributed by atoms with van der Waals surface area (Å²) in [5, 5.41) is 11.7. The van der Waals surface area contributed by atoms with Gasteiger partial charge in [0, 0.05) is 17.6 Å². The van der Waals surface area contributed by atoms with Crippen LogP contribution >= 0.6 is 15.9 Å². The van der Waals surface area contributed by atoms with Crippen LogP contribution in [0.2, 0.25) is 0 Å². The highest BCUT2D eigenvalue weighted by Crippen LogP contribution is 2.24. The predicted molar refractivity (Wildman–Crippen MR) is 80.1 cm³/mol. The molecule has 0 fully saturated rings. The molecule has 0 saturated heterocycles.